The topological polar surface area (TPSA) is 54.9 Å². The van der Waals surface area contributed by atoms with E-state index in [0.717, 1.165) is 16.9 Å². The van der Waals surface area contributed by atoms with Crippen LogP contribution in [0.5, 0.6) is 5.75 Å². The summed E-state index contributed by atoms with van der Waals surface area (Å²) >= 11 is 0. The number of methoxy groups -OCH3 is 2. The largest absolute Gasteiger partial charge is 0.496 e. The number of nitrogens with zero attached hydrogens (tertiary/aromatic N) is 1. The molecule has 0 aliphatic carbocycles. The summed E-state index contributed by atoms with van der Waals surface area (Å²) in [5.74, 6) is 1.22. The lowest BCUT2D eigenvalue weighted by atomic mass is 10.1. The van der Waals surface area contributed by atoms with Crippen LogP contribution in [-0.4, -0.2) is 27.2 Å². The third kappa shape index (κ3) is 6.45. The van der Waals surface area contributed by atoms with E-state index in [4.69, 9.17) is 9.47 Å². The maximum Gasteiger partial charge on any atom is 0.191 e. The molecule has 2 rings (SSSR count). The number of aliphatic imine (C=N–C) groups is 1. The number of guanidine groups is 1. The zero-order valence-electron chi connectivity index (χ0n) is 15.2. The SMILES string of the molecule is CN=C(NCc1ccc(F)c(COC)c1)NCc1ccccc1OC.I. The Morgan fingerprint density at radius 3 is 2.46 bits per heavy atom. The smallest absolute Gasteiger partial charge is 0.191 e. The summed E-state index contributed by atoms with van der Waals surface area (Å²) < 4.78 is 24.0. The normalized spacial score (nSPS) is 10.8. The number of benzene rings is 2. The fourth-order valence-electron chi connectivity index (χ4n) is 2.44. The van der Waals surface area contributed by atoms with Crippen molar-refractivity contribution < 1.29 is 13.9 Å². The molecule has 0 atom stereocenters. The zero-order valence-corrected chi connectivity index (χ0v) is 17.5. The Bertz CT molecular complexity index is 726. The van der Waals surface area contributed by atoms with Gasteiger partial charge in [0.1, 0.15) is 11.6 Å². The molecule has 0 unspecified atom stereocenters. The van der Waals surface area contributed by atoms with Crippen molar-refractivity contribution in [2.75, 3.05) is 21.3 Å². The summed E-state index contributed by atoms with van der Waals surface area (Å²) in [5, 5.41) is 6.46. The maximum absolute atomic E-state index is 13.7. The van der Waals surface area contributed by atoms with E-state index < -0.39 is 0 Å². The minimum atomic E-state index is -0.260. The molecule has 2 N–H and O–H groups in total. The molecule has 0 aromatic heterocycles. The molecular weight excluding hydrogens is 448 g/mol. The van der Waals surface area contributed by atoms with Gasteiger partial charge in [-0.15, -0.1) is 24.0 Å². The van der Waals surface area contributed by atoms with E-state index in [2.05, 4.69) is 15.6 Å². The molecule has 0 aliphatic rings. The molecule has 0 aliphatic heterocycles. The second-order valence-corrected chi connectivity index (χ2v) is 5.45. The lowest BCUT2D eigenvalue weighted by Crippen LogP contribution is -2.36. The van der Waals surface area contributed by atoms with Crippen LogP contribution >= 0.6 is 24.0 Å². The molecule has 0 amide bonds. The Morgan fingerprint density at radius 2 is 1.77 bits per heavy atom. The summed E-state index contributed by atoms with van der Waals surface area (Å²) in [7, 11) is 4.91. The first-order valence-electron chi connectivity index (χ1n) is 8.00. The van der Waals surface area contributed by atoms with E-state index in [0.29, 0.717) is 24.6 Å². The number of hydrogen-bond donors (Lipinski definition) is 2. The van der Waals surface area contributed by atoms with Crippen molar-refractivity contribution in [2.45, 2.75) is 19.7 Å². The van der Waals surface area contributed by atoms with Gasteiger partial charge in [-0.1, -0.05) is 24.3 Å². The first-order valence-corrected chi connectivity index (χ1v) is 8.00. The van der Waals surface area contributed by atoms with Gasteiger partial charge in [-0.2, -0.15) is 0 Å². The van der Waals surface area contributed by atoms with Gasteiger partial charge < -0.3 is 20.1 Å². The van der Waals surface area contributed by atoms with Crippen LogP contribution in [0.25, 0.3) is 0 Å². The zero-order chi connectivity index (χ0) is 18.1. The summed E-state index contributed by atoms with van der Waals surface area (Å²) in [4.78, 5) is 4.20. The van der Waals surface area contributed by atoms with Crippen molar-refractivity contribution in [1.82, 2.24) is 10.6 Å². The Hall–Kier alpha value is -1.87. The molecule has 0 fully saturated rings. The first-order chi connectivity index (χ1) is 12.2. The molecule has 2 aromatic carbocycles. The van der Waals surface area contributed by atoms with E-state index in [1.54, 1.807) is 33.4 Å². The van der Waals surface area contributed by atoms with Crippen molar-refractivity contribution in [3.8, 4) is 5.75 Å². The number of ether oxygens (including phenoxy) is 2. The first kappa shape index (κ1) is 22.2. The lowest BCUT2D eigenvalue weighted by molar-refractivity contribution is 0.181. The average Bonchev–Trinajstić information content (AvgIpc) is 2.64. The van der Waals surface area contributed by atoms with Crippen LogP contribution in [-0.2, 0) is 24.4 Å². The Morgan fingerprint density at radius 1 is 1.04 bits per heavy atom. The predicted molar refractivity (Wildman–Crippen MR) is 113 cm³/mol. The molecule has 0 heterocycles. The Balaban J connectivity index is 0.00000338. The van der Waals surface area contributed by atoms with Gasteiger partial charge in [-0.25, -0.2) is 4.39 Å². The highest BCUT2D eigenvalue weighted by atomic mass is 127. The van der Waals surface area contributed by atoms with Gasteiger partial charge in [0.2, 0.25) is 0 Å². The number of para-hydroxylation sites is 1. The fourth-order valence-corrected chi connectivity index (χ4v) is 2.44. The van der Waals surface area contributed by atoms with Gasteiger partial charge in [0, 0.05) is 38.4 Å². The maximum atomic E-state index is 13.7. The molecule has 142 valence electrons. The van der Waals surface area contributed by atoms with Gasteiger partial charge in [0.25, 0.3) is 0 Å². The molecule has 0 radical (unpaired) electrons. The van der Waals surface area contributed by atoms with E-state index >= 15 is 0 Å². The standard InChI is InChI=1S/C19H24FN3O2.HI/c1-21-19(23-12-15-6-4-5-7-18(15)25-3)22-11-14-8-9-17(20)16(10-14)13-24-2;/h4-10H,11-13H2,1-3H3,(H2,21,22,23);1H. The summed E-state index contributed by atoms with van der Waals surface area (Å²) in [5.41, 5.74) is 2.53. The van der Waals surface area contributed by atoms with Crippen molar-refractivity contribution in [3.63, 3.8) is 0 Å². The van der Waals surface area contributed by atoms with E-state index in [1.807, 2.05) is 24.3 Å². The van der Waals surface area contributed by atoms with E-state index in [1.165, 1.54) is 6.07 Å². The van der Waals surface area contributed by atoms with Crippen molar-refractivity contribution in [2.24, 2.45) is 4.99 Å². The minimum Gasteiger partial charge on any atom is -0.496 e. The van der Waals surface area contributed by atoms with Crippen LogP contribution in [0.4, 0.5) is 4.39 Å². The van der Waals surface area contributed by atoms with Gasteiger partial charge in [0.15, 0.2) is 5.96 Å². The third-order valence-electron chi connectivity index (χ3n) is 3.73. The summed E-state index contributed by atoms with van der Waals surface area (Å²) in [6, 6.07) is 12.8. The lowest BCUT2D eigenvalue weighted by Gasteiger charge is -2.14. The highest BCUT2D eigenvalue weighted by Crippen LogP contribution is 2.16. The number of hydrogen-bond acceptors (Lipinski definition) is 3. The van der Waals surface area contributed by atoms with Crippen LogP contribution in [0.3, 0.4) is 0 Å². The van der Waals surface area contributed by atoms with Gasteiger partial charge in [-0.3, -0.25) is 4.99 Å². The van der Waals surface area contributed by atoms with Crippen LogP contribution in [0.1, 0.15) is 16.7 Å². The summed E-state index contributed by atoms with van der Waals surface area (Å²) in [6.45, 7) is 1.37. The number of halogens is 2. The number of nitrogens with one attached hydrogen (secondary N) is 2. The molecule has 5 nitrogen and oxygen atoms in total. The molecule has 0 saturated heterocycles. The monoisotopic (exact) mass is 473 g/mol. The molecule has 0 spiro atoms. The summed E-state index contributed by atoms with van der Waals surface area (Å²) in [6.07, 6.45) is 0. The van der Waals surface area contributed by atoms with Gasteiger partial charge in [-0.05, 0) is 23.8 Å². The van der Waals surface area contributed by atoms with Crippen molar-refractivity contribution in [3.05, 3.63) is 65.0 Å². The molecule has 0 bridgehead atoms. The second kappa shape index (κ2) is 11.7. The quantitative estimate of drug-likeness (QED) is 0.368. The Labute approximate surface area is 171 Å². The molecular formula is C19H25FIN3O2. The fraction of sp³-hybridized carbons (Fsp3) is 0.316. The molecule has 2 aromatic rings. The number of rotatable bonds is 7. The van der Waals surface area contributed by atoms with Gasteiger partial charge in [0.05, 0.1) is 13.7 Å². The third-order valence-corrected chi connectivity index (χ3v) is 3.73. The average molecular weight is 473 g/mol. The second-order valence-electron chi connectivity index (χ2n) is 5.45. The van der Waals surface area contributed by atoms with E-state index in [-0.39, 0.29) is 36.4 Å². The predicted octanol–water partition coefficient (Wildman–Crippen LogP) is 3.46. The van der Waals surface area contributed by atoms with Crippen LogP contribution < -0.4 is 15.4 Å². The Kier molecular flexibility index (Phi) is 9.97. The van der Waals surface area contributed by atoms with Crippen LogP contribution in [0.2, 0.25) is 0 Å². The van der Waals surface area contributed by atoms with Crippen LogP contribution in [0, 0.1) is 5.82 Å². The van der Waals surface area contributed by atoms with E-state index in [9.17, 15) is 4.39 Å². The van der Waals surface area contributed by atoms with Crippen molar-refractivity contribution in [1.29, 1.82) is 0 Å². The van der Waals surface area contributed by atoms with Crippen LogP contribution in [0.15, 0.2) is 47.5 Å². The highest BCUT2D eigenvalue weighted by molar-refractivity contribution is 14.0. The molecule has 0 saturated carbocycles. The molecule has 26 heavy (non-hydrogen) atoms. The van der Waals surface area contributed by atoms with Gasteiger partial charge >= 0.3 is 0 Å². The molecule has 7 heteroatoms. The highest BCUT2D eigenvalue weighted by Gasteiger charge is 2.06. The van der Waals surface area contributed by atoms with Crippen molar-refractivity contribution >= 4 is 29.9 Å². The minimum absolute atomic E-state index is 0.